The molecular formula is C20H21N5OS. The summed E-state index contributed by atoms with van der Waals surface area (Å²) in [7, 11) is 0. The minimum atomic E-state index is 0.107. The third-order valence-electron chi connectivity index (χ3n) is 5.48. The molecule has 2 aliphatic rings. The Hall–Kier alpha value is -2.51. The SMILES string of the molecule is Cc1nc(CN2C(=O)c3cccn3[C@@H]3CN(Cc4cccnc4)C[C@@H]32)cs1. The van der Waals surface area contributed by atoms with Crippen molar-refractivity contribution in [2.45, 2.75) is 32.1 Å². The quantitative estimate of drug-likeness (QED) is 0.699. The van der Waals surface area contributed by atoms with Crippen LogP contribution in [-0.4, -0.2) is 49.4 Å². The Morgan fingerprint density at radius 3 is 2.85 bits per heavy atom. The molecule has 2 atom stereocenters. The van der Waals surface area contributed by atoms with Gasteiger partial charge >= 0.3 is 0 Å². The zero-order chi connectivity index (χ0) is 18.4. The van der Waals surface area contributed by atoms with Crippen LogP contribution in [0.4, 0.5) is 0 Å². The predicted octanol–water partition coefficient (Wildman–Crippen LogP) is 2.73. The molecule has 0 aromatic carbocycles. The highest BCUT2D eigenvalue weighted by molar-refractivity contribution is 7.09. The number of aromatic nitrogens is 3. The van der Waals surface area contributed by atoms with Crippen LogP contribution in [0, 0.1) is 6.92 Å². The summed E-state index contributed by atoms with van der Waals surface area (Å²) in [5.74, 6) is 0.107. The van der Waals surface area contributed by atoms with Crippen molar-refractivity contribution in [1.29, 1.82) is 0 Å². The Kier molecular flexibility index (Phi) is 4.06. The number of amides is 1. The maximum absolute atomic E-state index is 13.1. The maximum Gasteiger partial charge on any atom is 0.271 e. The first-order valence-corrected chi connectivity index (χ1v) is 10.1. The topological polar surface area (TPSA) is 54.3 Å². The van der Waals surface area contributed by atoms with E-state index in [2.05, 4.69) is 30.9 Å². The lowest BCUT2D eigenvalue weighted by molar-refractivity contribution is 0.0553. The van der Waals surface area contributed by atoms with Crippen LogP contribution in [0.1, 0.15) is 32.8 Å². The largest absolute Gasteiger partial charge is 0.337 e. The second-order valence-corrected chi connectivity index (χ2v) is 8.34. The van der Waals surface area contributed by atoms with Crippen molar-refractivity contribution in [1.82, 2.24) is 24.3 Å². The fourth-order valence-corrected chi connectivity index (χ4v) is 4.92. The highest BCUT2D eigenvalue weighted by atomic mass is 32.1. The van der Waals surface area contributed by atoms with E-state index < -0.39 is 0 Å². The van der Waals surface area contributed by atoms with Crippen molar-refractivity contribution in [2.24, 2.45) is 0 Å². The number of fused-ring (bicyclic) bond motifs is 3. The van der Waals surface area contributed by atoms with Gasteiger partial charge in [-0.05, 0) is 30.7 Å². The Bertz CT molecular complexity index is 966. The van der Waals surface area contributed by atoms with E-state index in [0.717, 1.165) is 36.0 Å². The van der Waals surface area contributed by atoms with Crippen LogP contribution in [0.15, 0.2) is 48.2 Å². The third-order valence-corrected chi connectivity index (χ3v) is 6.30. The molecular weight excluding hydrogens is 358 g/mol. The highest BCUT2D eigenvalue weighted by Crippen LogP contribution is 2.35. The number of hydrogen-bond donors (Lipinski definition) is 0. The lowest BCUT2D eigenvalue weighted by Gasteiger charge is -2.38. The van der Waals surface area contributed by atoms with Crippen LogP contribution in [0.25, 0.3) is 0 Å². The molecule has 5 heterocycles. The van der Waals surface area contributed by atoms with Crippen LogP contribution >= 0.6 is 11.3 Å². The molecule has 7 heteroatoms. The lowest BCUT2D eigenvalue weighted by atomic mass is 10.1. The van der Waals surface area contributed by atoms with Gasteiger partial charge < -0.3 is 9.47 Å². The second-order valence-electron chi connectivity index (χ2n) is 7.28. The number of carbonyl (C=O) groups excluding carboxylic acids is 1. The van der Waals surface area contributed by atoms with Gasteiger partial charge in [-0.2, -0.15) is 0 Å². The molecule has 0 N–H and O–H groups in total. The lowest BCUT2D eigenvalue weighted by Crippen LogP contribution is -2.49. The van der Waals surface area contributed by atoms with Gasteiger partial charge in [0.1, 0.15) is 5.69 Å². The number of pyridine rings is 1. The maximum atomic E-state index is 13.1. The number of nitrogens with zero attached hydrogens (tertiary/aromatic N) is 5. The molecule has 6 nitrogen and oxygen atoms in total. The molecule has 27 heavy (non-hydrogen) atoms. The monoisotopic (exact) mass is 379 g/mol. The Morgan fingerprint density at radius 2 is 2.07 bits per heavy atom. The van der Waals surface area contributed by atoms with Crippen LogP contribution in [0.2, 0.25) is 0 Å². The fourth-order valence-electron chi connectivity index (χ4n) is 4.31. The van der Waals surface area contributed by atoms with E-state index in [1.165, 1.54) is 5.56 Å². The first-order chi connectivity index (χ1) is 13.2. The summed E-state index contributed by atoms with van der Waals surface area (Å²) >= 11 is 1.64. The van der Waals surface area contributed by atoms with Crippen molar-refractivity contribution < 1.29 is 4.79 Å². The van der Waals surface area contributed by atoms with Crippen LogP contribution in [0.5, 0.6) is 0 Å². The van der Waals surface area contributed by atoms with E-state index >= 15 is 0 Å². The molecule has 0 saturated carbocycles. The normalized spacial score (nSPS) is 22.1. The van der Waals surface area contributed by atoms with Crippen LogP contribution < -0.4 is 0 Å². The molecule has 0 aliphatic carbocycles. The van der Waals surface area contributed by atoms with Gasteiger partial charge in [0.05, 0.1) is 29.3 Å². The summed E-state index contributed by atoms with van der Waals surface area (Å²) < 4.78 is 2.17. The predicted molar refractivity (Wildman–Crippen MR) is 103 cm³/mol. The summed E-state index contributed by atoms with van der Waals surface area (Å²) in [6.07, 6.45) is 5.77. The Labute approximate surface area is 162 Å². The van der Waals surface area contributed by atoms with Crippen LogP contribution in [-0.2, 0) is 13.1 Å². The zero-order valence-corrected chi connectivity index (χ0v) is 16.0. The van der Waals surface area contributed by atoms with E-state index in [0.29, 0.717) is 6.54 Å². The smallest absolute Gasteiger partial charge is 0.271 e. The minimum Gasteiger partial charge on any atom is -0.337 e. The summed E-state index contributed by atoms with van der Waals surface area (Å²) in [6, 6.07) is 8.44. The van der Waals surface area contributed by atoms with E-state index in [-0.39, 0.29) is 18.0 Å². The van der Waals surface area contributed by atoms with E-state index in [1.807, 2.05) is 42.4 Å². The fraction of sp³-hybridized carbons (Fsp3) is 0.350. The molecule has 3 aromatic heterocycles. The van der Waals surface area contributed by atoms with Crippen molar-refractivity contribution in [3.63, 3.8) is 0 Å². The molecule has 2 aliphatic heterocycles. The summed E-state index contributed by atoms with van der Waals surface area (Å²) in [4.78, 5) is 26.4. The van der Waals surface area contributed by atoms with E-state index in [1.54, 1.807) is 17.5 Å². The molecule has 0 bridgehead atoms. The summed E-state index contributed by atoms with van der Waals surface area (Å²) in [5.41, 5.74) is 2.97. The average molecular weight is 379 g/mol. The molecule has 0 radical (unpaired) electrons. The Morgan fingerprint density at radius 1 is 1.19 bits per heavy atom. The van der Waals surface area contributed by atoms with Gasteiger partial charge in [0, 0.05) is 43.6 Å². The number of rotatable bonds is 4. The third kappa shape index (κ3) is 2.96. The second kappa shape index (κ2) is 6.58. The van der Waals surface area contributed by atoms with Gasteiger partial charge in [-0.15, -0.1) is 11.3 Å². The number of likely N-dealkylation sites (tertiary alicyclic amines) is 1. The minimum absolute atomic E-state index is 0.107. The van der Waals surface area contributed by atoms with Gasteiger partial charge in [-0.25, -0.2) is 4.98 Å². The molecule has 3 aromatic rings. The van der Waals surface area contributed by atoms with Crippen molar-refractivity contribution in [3.8, 4) is 0 Å². The number of aryl methyl sites for hydroxylation is 1. The molecule has 1 amide bonds. The number of carbonyl (C=O) groups is 1. The number of thiazole rings is 1. The molecule has 1 saturated heterocycles. The molecule has 5 rings (SSSR count). The van der Waals surface area contributed by atoms with Crippen molar-refractivity contribution in [3.05, 3.63) is 70.2 Å². The molecule has 0 unspecified atom stereocenters. The molecule has 0 spiro atoms. The molecule has 1 fully saturated rings. The van der Waals surface area contributed by atoms with E-state index in [9.17, 15) is 4.79 Å². The zero-order valence-electron chi connectivity index (χ0n) is 15.2. The number of hydrogen-bond acceptors (Lipinski definition) is 5. The van der Waals surface area contributed by atoms with Gasteiger partial charge in [-0.1, -0.05) is 6.07 Å². The molecule has 138 valence electrons. The van der Waals surface area contributed by atoms with Gasteiger partial charge in [0.2, 0.25) is 0 Å². The van der Waals surface area contributed by atoms with Gasteiger partial charge in [-0.3, -0.25) is 14.7 Å². The van der Waals surface area contributed by atoms with Crippen molar-refractivity contribution in [2.75, 3.05) is 13.1 Å². The van der Waals surface area contributed by atoms with Gasteiger partial charge in [0.25, 0.3) is 5.91 Å². The summed E-state index contributed by atoms with van der Waals surface area (Å²) in [6.45, 7) is 5.24. The van der Waals surface area contributed by atoms with Gasteiger partial charge in [0.15, 0.2) is 0 Å². The standard InChI is InChI=1S/C20H21N5OS/c1-14-22-16(13-27-14)10-25-19-12-23(9-15-4-2-6-21-8-15)11-18(19)24-7-3-5-17(24)20(25)26/h2-8,13,18-19H,9-12H2,1H3/t18-,19+/m1/s1. The van der Waals surface area contributed by atoms with E-state index in [4.69, 9.17) is 0 Å². The van der Waals surface area contributed by atoms with Crippen molar-refractivity contribution >= 4 is 17.2 Å². The highest BCUT2D eigenvalue weighted by Gasteiger charge is 2.44. The summed E-state index contributed by atoms with van der Waals surface area (Å²) in [5, 5.41) is 3.10. The average Bonchev–Trinajstić information content (AvgIpc) is 3.39. The Balaban J connectivity index is 1.43. The van der Waals surface area contributed by atoms with Crippen LogP contribution in [0.3, 0.4) is 0 Å². The first-order valence-electron chi connectivity index (χ1n) is 9.19. The first kappa shape index (κ1) is 16.6.